The molecule has 4 nitrogen and oxygen atoms in total. The lowest BCUT2D eigenvalue weighted by Crippen LogP contribution is -2.25. The van der Waals surface area contributed by atoms with Crippen molar-refractivity contribution in [1.29, 1.82) is 0 Å². The molecule has 1 atom stereocenters. The topological polar surface area (TPSA) is 76.2 Å². The van der Waals surface area contributed by atoms with Gasteiger partial charge in [0.2, 0.25) is 0 Å². The lowest BCUT2D eigenvalue weighted by atomic mass is 10.4. The molecule has 0 radical (unpaired) electrons. The summed E-state index contributed by atoms with van der Waals surface area (Å²) in [6.07, 6.45) is 1.56. The van der Waals surface area contributed by atoms with Crippen LogP contribution in [-0.2, 0) is 4.79 Å². The van der Waals surface area contributed by atoms with Crippen LogP contribution in [0.1, 0.15) is 0 Å². The highest BCUT2D eigenvalue weighted by Crippen LogP contribution is 2.27. The highest BCUT2D eigenvalue weighted by atomic mass is 35.5. The lowest BCUT2D eigenvalue weighted by molar-refractivity contribution is -0.136. The Hall–Kier alpha value is -0.780. The van der Waals surface area contributed by atoms with Gasteiger partial charge in [0.1, 0.15) is 10.3 Å². The van der Waals surface area contributed by atoms with Crippen molar-refractivity contribution < 1.29 is 9.90 Å². The van der Waals surface area contributed by atoms with E-state index < -0.39 is 11.2 Å². The molecule has 76 valence electrons. The summed E-state index contributed by atoms with van der Waals surface area (Å²) in [5.74, 6) is -0.959. The van der Waals surface area contributed by atoms with Gasteiger partial charge in [-0.25, -0.2) is 4.98 Å². The largest absolute Gasteiger partial charge is 0.480 e. The third-order valence-corrected chi connectivity index (χ3v) is 3.11. The third kappa shape index (κ3) is 2.87. The Morgan fingerprint density at radius 2 is 2.50 bits per heavy atom. The summed E-state index contributed by atoms with van der Waals surface area (Å²) < 4.78 is 0. The molecule has 0 fully saturated rings. The van der Waals surface area contributed by atoms with Gasteiger partial charge in [-0.05, 0) is 12.1 Å². The van der Waals surface area contributed by atoms with E-state index >= 15 is 0 Å². The number of aliphatic carboxylic acids is 1. The van der Waals surface area contributed by atoms with Crippen LogP contribution >= 0.6 is 23.4 Å². The average Bonchev–Trinajstić information content (AvgIpc) is 2.16. The van der Waals surface area contributed by atoms with Crippen molar-refractivity contribution in [1.82, 2.24) is 4.98 Å². The number of aromatic nitrogens is 1. The maximum atomic E-state index is 10.7. The summed E-state index contributed by atoms with van der Waals surface area (Å²) in [6, 6.07) is 3.34. The molecule has 1 rings (SSSR count). The molecule has 1 unspecified atom stereocenters. The number of carbonyl (C=O) groups is 1. The van der Waals surface area contributed by atoms with E-state index in [0.717, 1.165) is 11.8 Å². The van der Waals surface area contributed by atoms with Crippen molar-refractivity contribution in [2.24, 2.45) is 5.73 Å². The van der Waals surface area contributed by atoms with E-state index in [1.165, 1.54) is 0 Å². The molecule has 0 saturated carbocycles. The number of thioether (sulfide) groups is 1. The van der Waals surface area contributed by atoms with Crippen LogP contribution in [0.4, 0.5) is 0 Å². The first-order valence-electron chi connectivity index (χ1n) is 3.85. The number of carboxylic acid groups (broad SMARTS) is 1. The van der Waals surface area contributed by atoms with Crippen molar-refractivity contribution in [2.45, 2.75) is 10.3 Å². The number of carboxylic acids is 1. The highest BCUT2D eigenvalue weighted by Gasteiger charge is 2.18. The quantitative estimate of drug-likeness (QED) is 0.764. The first-order valence-corrected chi connectivity index (χ1v) is 5.11. The second-order valence-corrected chi connectivity index (χ2v) is 4.07. The van der Waals surface area contributed by atoms with Gasteiger partial charge in [0.25, 0.3) is 0 Å². The number of nitrogens with two attached hydrogens (primary N) is 1. The van der Waals surface area contributed by atoms with Gasteiger partial charge in [0.15, 0.2) is 0 Å². The molecule has 14 heavy (non-hydrogen) atoms. The van der Waals surface area contributed by atoms with Gasteiger partial charge < -0.3 is 10.8 Å². The van der Waals surface area contributed by atoms with Gasteiger partial charge in [0.05, 0.1) is 5.02 Å². The summed E-state index contributed by atoms with van der Waals surface area (Å²) in [4.78, 5) is 14.6. The molecule has 0 spiro atoms. The van der Waals surface area contributed by atoms with Gasteiger partial charge in [0, 0.05) is 12.7 Å². The van der Waals surface area contributed by atoms with Crippen LogP contribution in [0.3, 0.4) is 0 Å². The minimum atomic E-state index is -0.959. The molecule has 0 aliphatic carbocycles. The maximum absolute atomic E-state index is 10.7. The SMILES string of the molecule is NCC(Sc1ncccc1Cl)C(=O)O. The summed E-state index contributed by atoms with van der Waals surface area (Å²) in [7, 11) is 0. The van der Waals surface area contributed by atoms with Crippen LogP contribution in [0.15, 0.2) is 23.4 Å². The Morgan fingerprint density at radius 3 is 3.00 bits per heavy atom. The van der Waals surface area contributed by atoms with Gasteiger partial charge in [-0.3, -0.25) is 4.79 Å². The van der Waals surface area contributed by atoms with Crippen molar-refractivity contribution in [3.05, 3.63) is 23.4 Å². The molecule has 0 aromatic carbocycles. The molecule has 6 heteroatoms. The molecule has 0 aliphatic rings. The predicted molar refractivity (Wildman–Crippen MR) is 55.6 cm³/mol. The minimum absolute atomic E-state index is 0.0485. The number of rotatable bonds is 4. The van der Waals surface area contributed by atoms with Crippen LogP contribution in [0.5, 0.6) is 0 Å². The van der Waals surface area contributed by atoms with Gasteiger partial charge in [-0.15, -0.1) is 0 Å². The zero-order valence-electron chi connectivity index (χ0n) is 7.18. The smallest absolute Gasteiger partial charge is 0.318 e. The molecule has 0 saturated heterocycles. The maximum Gasteiger partial charge on any atom is 0.318 e. The lowest BCUT2D eigenvalue weighted by Gasteiger charge is -2.08. The fraction of sp³-hybridized carbons (Fsp3) is 0.250. The van der Waals surface area contributed by atoms with Crippen molar-refractivity contribution in [2.75, 3.05) is 6.54 Å². The van der Waals surface area contributed by atoms with E-state index in [-0.39, 0.29) is 6.54 Å². The van der Waals surface area contributed by atoms with E-state index in [0.29, 0.717) is 10.0 Å². The van der Waals surface area contributed by atoms with E-state index in [9.17, 15) is 4.79 Å². The first-order chi connectivity index (χ1) is 6.65. The van der Waals surface area contributed by atoms with Crippen LogP contribution in [-0.4, -0.2) is 27.9 Å². The zero-order chi connectivity index (χ0) is 10.6. The Balaban J connectivity index is 2.77. The number of hydrogen-bond donors (Lipinski definition) is 2. The normalized spacial score (nSPS) is 12.4. The van der Waals surface area contributed by atoms with Gasteiger partial charge in [-0.2, -0.15) is 0 Å². The van der Waals surface area contributed by atoms with E-state index in [1.54, 1.807) is 18.3 Å². The molecule has 3 N–H and O–H groups in total. The molecule has 0 bridgehead atoms. The summed E-state index contributed by atoms with van der Waals surface area (Å²) in [6.45, 7) is 0.0485. The molecular weight excluding hydrogens is 224 g/mol. The second kappa shape index (κ2) is 5.19. The van der Waals surface area contributed by atoms with Gasteiger partial charge in [-0.1, -0.05) is 23.4 Å². The second-order valence-electron chi connectivity index (χ2n) is 2.47. The summed E-state index contributed by atoms with van der Waals surface area (Å²) >= 11 is 6.87. The van der Waals surface area contributed by atoms with Crippen LogP contribution in [0, 0.1) is 0 Å². The van der Waals surface area contributed by atoms with Crippen molar-refractivity contribution >= 4 is 29.3 Å². The van der Waals surface area contributed by atoms with Crippen LogP contribution in [0.2, 0.25) is 5.02 Å². The highest BCUT2D eigenvalue weighted by molar-refractivity contribution is 8.00. The fourth-order valence-corrected chi connectivity index (χ4v) is 1.82. The number of halogens is 1. The molecular formula is C8H9ClN2O2S. The summed E-state index contributed by atoms with van der Waals surface area (Å²) in [5.41, 5.74) is 5.30. The van der Waals surface area contributed by atoms with E-state index in [4.69, 9.17) is 22.4 Å². The average molecular weight is 233 g/mol. The van der Waals surface area contributed by atoms with E-state index in [1.807, 2.05) is 0 Å². The molecule has 1 aromatic heterocycles. The number of nitrogens with zero attached hydrogens (tertiary/aromatic N) is 1. The zero-order valence-corrected chi connectivity index (χ0v) is 8.76. The van der Waals surface area contributed by atoms with E-state index in [2.05, 4.69) is 4.98 Å². The van der Waals surface area contributed by atoms with Crippen molar-refractivity contribution in [3.63, 3.8) is 0 Å². The number of pyridine rings is 1. The minimum Gasteiger partial charge on any atom is -0.480 e. The van der Waals surface area contributed by atoms with Crippen LogP contribution in [0.25, 0.3) is 0 Å². The Bertz CT molecular complexity index is 335. The fourth-order valence-electron chi connectivity index (χ4n) is 0.792. The van der Waals surface area contributed by atoms with Gasteiger partial charge >= 0.3 is 5.97 Å². The molecule has 1 heterocycles. The monoisotopic (exact) mass is 232 g/mol. The standard InChI is InChI=1S/C8H9ClN2O2S/c9-5-2-1-3-11-7(5)14-6(4-10)8(12)13/h1-3,6H,4,10H2,(H,12,13). The Labute approximate surface area is 90.5 Å². The molecule has 0 amide bonds. The summed E-state index contributed by atoms with van der Waals surface area (Å²) in [5, 5.41) is 8.98. The predicted octanol–water partition coefficient (Wildman–Crippen LogP) is 1.24. The first kappa shape index (κ1) is 11.3. The molecule has 1 aromatic rings. The Kier molecular flexibility index (Phi) is 4.19. The number of hydrogen-bond acceptors (Lipinski definition) is 4. The molecule has 0 aliphatic heterocycles. The third-order valence-electron chi connectivity index (χ3n) is 1.47. The van der Waals surface area contributed by atoms with Crippen LogP contribution < -0.4 is 5.73 Å². The van der Waals surface area contributed by atoms with Crippen molar-refractivity contribution in [3.8, 4) is 0 Å². The Morgan fingerprint density at radius 1 is 1.79 bits per heavy atom.